The summed E-state index contributed by atoms with van der Waals surface area (Å²) in [5, 5.41) is 3.37. The average Bonchev–Trinajstić information content (AvgIpc) is 3.22. The van der Waals surface area contributed by atoms with E-state index in [2.05, 4.69) is 5.32 Å². The largest absolute Gasteiger partial charge is 0.312 e. The van der Waals surface area contributed by atoms with Gasteiger partial charge in [0.15, 0.2) is 0 Å². The van der Waals surface area contributed by atoms with E-state index in [0.29, 0.717) is 18.2 Å². The van der Waals surface area contributed by atoms with Gasteiger partial charge in [0, 0.05) is 19.1 Å². The van der Waals surface area contributed by atoms with Crippen LogP contribution in [0, 0.1) is 0 Å². The van der Waals surface area contributed by atoms with Crippen molar-refractivity contribution in [2.75, 3.05) is 18.0 Å². The number of ketones is 1. The SMILES string of the molecule is CCc1ccc2c(c1)C(=O)C(=O)N2CCNC1CC1. The molecule has 100 valence electrons. The zero-order valence-electron chi connectivity index (χ0n) is 11.1. The van der Waals surface area contributed by atoms with Crippen molar-refractivity contribution in [2.24, 2.45) is 0 Å². The highest BCUT2D eigenvalue weighted by atomic mass is 16.2. The molecule has 1 aromatic carbocycles. The maximum Gasteiger partial charge on any atom is 0.299 e. The van der Waals surface area contributed by atoms with E-state index in [-0.39, 0.29) is 11.7 Å². The summed E-state index contributed by atoms with van der Waals surface area (Å²) in [7, 11) is 0. The van der Waals surface area contributed by atoms with Gasteiger partial charge >= 0.3 is 0 Å². The van der Waals surface area contributed by atoms with E-state index in [0.717, 1.165) is 24.2 Å². The number of nitrogens with zero attached hydrogens (tertiary/aromatic N) is 1. The lowest BCUT2D eigenvalue weighted by atomic mass is 10.1. The van der Waals surface area contributed by atoms with Crippen LogP contribution in [0.2, 0.25) is 0 Å². The van der Waals surface area contributed by atoms with Crippen LogP contribution in [0.3, 0.4) is 0 Å². The monoisotopic (exact) mass is 258 g/mol. The van der Waals surface area contributed by atoms with Gasteiger partial charge in [0.1, 0.15) is 0 Å². The fraction of sp³-hybridized carbons (Fsp3) is 0.467. The maximum absolute atomic E-state index is 12.0. The fourth-order valence-corrected chi connectivity index (χ4v) is 2.46. The third-order valence-electron chi connectivity index (χ3n) is 3.79. The minimum Gasteiger partial charge on any atom is -0.312 e. The Morgan fingerprint density at radius 2 is 2.11 bits per heavy atom. The smallest absolute Gasteiger partial charge is 0.299 e. The van der Waals surface area contributed by atoms with E-state index < -0.39 is 0 Å². The van der Waals surface area contributed by atoms with E-state index in [1.54, 1.807) is 4.90 Å². The van der Waals surface area contributed by atoms with Crippen molar-refractivity contribution in [2.45, 2.75) is 32.2 Å². The number of anilines is 1. The lowest BCUT2D eigenvalue weighted by Gasteiger charge is -2.16. The lowest BCUT2D eigenvalue weighted by molar-refractivity contribution is -0.114. The first-order valence-corrected chi connectivity index (χ1v) is 6.93. The minimum atomic E-state index is -0.388. The van der Waals surface area contributed by atoms with Crippen LogP contribution in [0.15, 0.2) is 18.2 Å². The molecule has 1 saturated carbocycles. The molecule has 0 saturated heterocycles. The molecule has 1 aliphatic carbocycles. The van der Waals surface area contributed by atoms with Gasteiger partial charge in [0.25, 0.3) is 11.7 Å². The first-order valence-electron chi connectivity index (χ1n) is 6.93. The van der Waals surface area contributed by atoms with Crippen molar-refractivity contribution >= 4 is 17.4 Å². The van der Waals surface area contributed by atoms with Crippen LogP contribution >= 0.6 is 0 Å². The maximum atomic E-state index is 12.0. The zero-order valence-corrected chi connectivity index (χ0v) is 11.1. The van der Waals surface area contributed by atoms with E-state index in [1.165, 1.54) is 12.8 Å². The van der Waals surface area contributed by atoms with E-state index >= 15 is 0 Å². The van der Waals surface area contributed by atoms with Gasteiger partial charge in [-0.25, -0.2) is 0 Å². The molecule has 0 bridgehead atoms. The summed E-state index contributed by atoms with van der Waals surface area (Å²) in [6.45, 7) is 3.36. The predicted molar refractivity (Wildman–Crippen MR) is 73.5 cm³/mol. The molecule has 1 aromatic rings. The molecule has 0 spiro atoms. The van der Waals surface area contributed by atoms with Crippen molar-refractivity contribution in [1.82, 2.24) is 5.32 Å². The van der Waals surface area contributed by atoms with E-state index in [4.69, 9.17) is 0 Å². The highest BCUT2D eigenvalue weighted by molar-refractivity contribution is 6.52. The van der Waals surface area contributed by atoms with Crippen molar-refractivity contribution in [3.8, 4) is 0 Å². The molecular formula is C15H18N2O2. The van der Waals surface area contributed by atoms with Crippen LogP contribution in [-0.2, 0) is 11.2 Å². The number of carbonyl (C=O) groups excluding carboxylic acids is 2. The number of aryl methyl sites for hydroxylation is 1. The second kappa shape index (κ2) is 4.78. The van der Waals surface area contributed by atoms with Crippen molar-refractivity contribution in [3.63, 3.8) is 0 Å². The van der Waals surface area contributed by atoms with Gasteiger partial charge in [0.2, 0.25) is 0 Å². The van der Waals surface area contributed by atoms with Crippen LogP contribution in [0.4, 0.5) is 5.69 Å². The molecule has 1 amide bonds. The third-order valence-corrected chi connectivity index (χ3v) is 3.79. The fourth-order valence-electron chi connectivity index (χ4n) is 2.46. The molecule has 0 unspecified atom stereocenters. The van der Waals surface area contributed by atoms with Gasteiger partial charge in [-0.1, -0.05) is 13.0 Å². The molecule has 3 rings (SSSR count). The Kier molecular flexibility index (Phi) is 3.11. The quantitative estimate of drug-likeness (QED) is 0.815. The summed E-state index contributed by atoms with van der Waals surface area (Å²) in [4.78, 5) is 25.6. The number of hydrogen-bond acceptors (Lipinski definition) is 3. The average molecular weight is 258 g/mol. The Labute approximate surface area is 112 Å². The summed E-state index contributed by atoms with van der Waals surface area (Å²) in [5.41, 5.74) is 2.43. The van der Waals surface area contributed by atoms with Crippen molar-refractivity contribution in [3.05, 3.63) is 29.3 Å². The second-order valence-corrected chi connectivity index (χ2v) is 5.22. The number of nitrogens with one attached hydrogen (secondary N) is 1. The first kappa shape index (κ1) is 12.4. The van der Waals surface area contributed by atoms with E-state index in [9.17, 15) is 9.59 Å². The molecule has 0 radical (unpaired) electrons. The number of rotatable bonds is 5. The van der Waals surface area contributed by atoms with Crippen LogP contribution in [0.5, 0.6) is 0 Å². The Morgan fingerprint density at radius 1 is 1.32 bits per heavy atom. The molecule has 1 aliphatic heterocycles. The second-order valence-electron chi connectivity index (χ2n) is 5.22. The number of fused-ring (bicyclic) bond motifs is 1. The number of carbonyl (C=O) groups is 2. The predicted octanol–water partition coefficient (Wildman–Crippen LogP) is 1.53. The van der Waals surface area contributed by atoms with Gasteiger partial charge in [0.05, 0.1) is 11.3 Å². The van der Waals surface area contributed by atoms with Gasteiger partial charge in [-0.2, -0.15) is 0 Å². The molecule has 0 aromatic heterocycles. The van der Waals surface area contributed by atoms with Gasteiger partial charge < -0.3 is 10.2 Å². The molecule has 0 atom stereocenters. The third kappa shape index (κ3) is 2.28. The highest BCUT2D eigenvalue weighted by Crippen LogP contribution is 2.29. The molecule has 19 heavy (non-hydrogen) atoms. The number of Topliss-reactive ketones (excluding diaryl/α,β-unsaturated/α-hetero) is 1. The van der Waals surface area contributed by atoms with Gasteiger partial charge in [-0.3, -0.25) is 9.59 Å². The summed E-state index contributed by atoms with van der Waals surface area (Å²) in [6, 6.07) is 6.36. The Balaban J connectivity index is 1.78. The normalized spacial score (nSPS) is 18.1. The number of amides is 1. The molecule has 1 fully saturated rings. The summed E-state index contributed by atoms with van der Waals surface area (Å²) < 4.78 is 0. The van der Waals surface area contributed by atoms with Crippen LogP contribution in [0.25, 0.3) is 0 Å². The Morgan fingerprint density at radius 3 is 2.79 bits per heavy atom. The van der Waals surface area contributed by atoms with Crippen molar-refractivity contribution in [1.29, 1.82) is 0 Å². The van der Waals surface area contributed by atoms with Gasteiger partial charge in [-0.15, -0.1) is 0 Å². The van der Waals surface area contributed by atoms with Crippen LogP contribution < -0.4 is 10.2 Å². The van der Waals surface area contributed by atoms with Crippen molar-refractivity contribution < 1.29 is 9.59 Å². The molecule has 2 aliphatic rings. The van der Waals surface area contributed by atoms with Gasteiger partial charge in [-0.05, 0) is 37.0 Å². The lowest BCUT2D eigenvalue weighted by Crippen LogP contribution is -2.36. The molecular weight excluding hydrogens is 240 g/mol. The highest BCUT2D eigenvalue weighted by Gasteiger charge is 2.35. The Hall–Kier alpha value is -1.68. The van der Waals surface area contributed by atoms with E-state index in [1.807, 2.05) is 25.1 Å². The molecule has 4 nitrogen and oxygen atoms in total. The minimum absolute atomic E-state index is 0.364. The molecule has 4 heteroatoms. The standard InChI is InChI=1S/C15H18N2O2/c1-2-10-3-6-13-12(9-10)14(18)15(19)17(13)8-7-16-11-4-5-11/h3,6,9,11,16H,2,4-5,7-8H2,1H3. The van der Waals surface area contributed by atoms with Crippen LogP contribution in [-0.4, -0.2) is 30.8 Å². The topological polar surface area (TPSA) is 49.4 Å². The van der Waals surface area contributed by atoms with Crippen LogP contribution in [0.1, 0.15) is 35.7 Å². The summed E-state index contributed by atoms with van der Waals surface area (Å²) in [6.07, 6.45) is 3.32. The number of hydrogen-bond donors (Lipinski definition) is 1. The molecule has 1 N–H and O–H groups in total. The number of benzene rings is 1. The molecule has 1 heterocycles. The zero-order chi connectivity index (χ0) is 13.4. The summed E-state index contributed by atoms with van der Waals surface area (Å²) >= 11 is 0. The Bertz CT molecular complexity index is 535. The first-order chi connectivity index (χ1) is 9.20. The summed E-state index contributed by atoms with van der Waals surface area (Å²) in [5.74, 6) is -0.752.